The summed E-state index contributed by atoms with van der Waals surface area (Å²) in [4.78, 5) is 9.06. The predicted molar refractivity (Wildman–Crippen MR) is 67.9 cm³/mol. The molecule has 2 rings (SSSR count). The average molecular weight is 231 g/mol. The third kappa shape index (κ3) is 2.13. The van der Waals surface area contributed by atoms with E-state index in [0.717, 1.165) is 29.3 Å². The van der Waals surface area contributed by atoms with Crippen molar-refractivity contribution in [1.29, 1.82) is 0 Å². The Morgan fingerprint density at radius 3 is 2.65 bits per heavy atom. The van der Waals surface area contributed by atoms with Gasteiger partial charge in [0.2, 0.25) is 0 Å². The van der Waals surface area contributed by atoms with E-state index < -0.39 is 0 Å². The highest BCUT2D eigenvalue weighted by Crippen LogP contribution is 2.21. The number of nitrogens with one attached hydrogen (secondary N) is 1. The van der Waals surface area contributed by atoms with Gasteiger partial charge in [-0.05, 0) is 13.3 Å². The first kappa shape index (κ1) is 11.6. The van der Waals surface area contributed by atoms with Gasteiger partial charge in [-0.3, -0.25) is 4.68 Å². The van der Waals surface area contributed by atoms with Gasteiger partial charge in [0.05, 0.1) is 11.8 Å². The van der Waals surface area contributed by atoms with Crippen LogP contribution in [0.15, 0.2) is 12.4 Å². The van der Waals surface area contributed by atoms with Crippen LogP contribution in [-0.2, 0) is 13.5 Å². The van der Waals surface area contributed by atoms with E-state index in [4.69, 9.17) is 0 Å². The van der Waals surface area contributed by atoms with Crippen LogP contribution < -0.4 is 5.32 Å². The van der Waals surface area contributed by atoms with Crippen molar-refractivity contribution in [1.82, 2.24) is 19.7 Å². The minimum absolute atomic E-state index is 0.720. The number of aryl methyl sites for hydroxylation is 2. The highest BCUT2D eigenvalue weighted by Gasteiger charge is 2.11. The number of rotatable bonds is 3. The van der Waals surface area contributed by atoms with E-state index in [0.29, 0.717) is 0 Å². The number of anilines is 1. The largest absolute Gasteiger partial charge is 0.373 e. The lowest BCUT2D eigenvalue weighted by Crippen LogP contribution is -2.04. The Morgan fingerprint density at radius 1 is 1.35 bits per heavy atom. The Kier molecular flexibility index (Phi) is 3.08. The molecule has 0 radical (unpaired) electrons. The van der Waals surface area contributed by atoms with Gasteiger partial charge < -0.3 is 5.32 Å². The fraction of sp³-hybridized carbons (Fsp3) is 0.417. The van der Waals surface area contributed by atoms with Gasteiger partial charge in [0, 0.05) is 31.5 Å². The Balaban J connectivity index is 2.53. The molecule has 17 heavy (non-hydrogen) atoms. The Morgan fingerprint density at radius 2 is 2.12 bits per heavy atom. The van der Waals surface area contributed by atoms with E-state index in [1.54, 1.807) is 10.9 Å². The van der Waals surface area contributed by atoms with Gasteiger partial charge in [-0.2, -0.15) is 5.10 Å². The molecule has 5 heteroatoms. The quantitative estimate of drug-likeness (QED) is 0.875. The molecule has 1 N–H and O–H groups in total. The second kappa shape index (κ2) is 4.53. The molecule has 0 aromatic carbocycles. The van der Waals surface area contributed by atoms with E-state index in [9.17, 15) is 0 Å². The molecule has 5 nitrogen and oxygen atoms in total. The summed E-state index contributed by atoms with van der Waals surface area (Å²) in [5, 5.41) is 7.26. The van der Waals surface area contributed by atoms with Crippen molar-refractivity contribution in [3.63, 3.8) is 0 Å². The summed E-state index contributed by atoms with van der Waals surface area (Å²) >= 11 is 0. The van der Waals surface area contributed by atoms with E-state index in [-0.39, 0.29) is 0 Å². The maximum Gasteiger partial charge on any atom is 0.164 e. The molecular formula is C12H17N5. The maximum absolute atomic E-state index is 4.53. The topological polar surface area (TPSA) is 55.6 Å². The Labute approximate surface area is 101 Å². The van der Waals surface area contributed by atoms with Crippen LogP contribution in [0, 0.1) is 6.92 Å². The molecule has 0 aliphatic heterocycles. The monoisotopic (exact) mass is 231 g/mol. The average Bonchev–Trinajstić information content (AvgIpc) is 2.74. The molecule has 0 amide bonds. The highest BCUT2D eigenvalue weighted by molar-refractivity contribution is 5.58. The first-order chi connectivity index (χ1) is 8.15. The number of hydrogen-bond acceptors (Lipinski definition) is 4. The third-order valence-electron chi connectivity index (χ3n) is 2.77. The van der Waals surface area contributed by atoms with E-state index in [1.165, 1.54) is 5.56 Å². The van der Waals surface area contributed by atoms with Crippen LogP contribution in [0.1, 0.15) is 18.2 Å². The molecule has 0 unspecified atom stereocenters. The van der Waals surface area contributed by atoms with E-state index in [2.05, 4.69) is 27.3 Å². The van der Waals surface area contributed by atoms with Gasteiger partial charge in [0.25, 0.3) is 0 Å². The van der Waals surface area contributed by atoms with Gasteiger partial charge in [0.15, 0.2) is 5.82 Å². The van der Waals surface area contributed by atoms with Crippen molar-refractivity contribution < 1.29 is 0 Å². The normalized spacial score (nSPS) is 10.6. The Bertz CT molecular complexity index is 530. The van der Waals surface area contributed by atoms with Crippen molar-refractivity contribution in [2.24, 2.45) is 7.05 Å². The molecular weight excluding hydrogens is 214 g/mol. The van der Waals surface area contributed by atoms with Crippen molar-refractivity contribution in [3.05, 3.63) is 23.7 Å². The number of aromatic nitrogens is 4. The molecule has 0 fully saturated rings. The zero-order valence-corrected chi connectivity index (χ0v) is 10.7. The van der Waals surface area contributed by atoms with Gasteiger partial charge in [-0.25, -0.2) is 9.97 Å². The summed E-state index contributed by atoms with van der Waals surface area (Å²) < 4.78 is 1.75. The molecule has 0 atom stereocenters. The molecule has 0 spiro atoms. The fourth-order valence-electron chi connectivity index (χ4n) is 1.89. The molecule has 2 heterocycles. The summed E-state index contributed by atoms with van der Waals surface area (Å²) in [5.41, 5.74) is 3.13. The van der Waals surface area contributed by atoms with Crippen LogP contribution >= 0.6 is 0 Å². The maximum atomic E-state index is 4.53. The van der Waals surface area contributed by atoms with Crippen LogP contribution in [-0.4, -0.2) is 26.8 Å². The zero-order chi connectivity index (χ0) is 12.4. The minimum Gasteiger partial charge on any atom is -0.373 e. The summed E-state index contributed by atoms with van der Waals surface area (Å²) in [7, 11) is 3.77. The van der Waals surface area contributed by atoms with Crippen LogP contribution in [0.3, 0.4) is 0 Å². The molecule has 2 aromatic heterocycles. The first-order valence-corrected chi connectivity index (χ1v) is 5.70. The fourth-order valence-corrected chi connectivity index (χ4v) is 1.89. The van der Waals surface area contributed by atoms with Gasteiger partial charge in [0.1, 0.15) is 5.82 Å². The Hall–Kier alpha value is -1.91. The lowest BCUT2D eigenvalue weighted by atomic mass is 10.1. The van der Waals surface area contributed by atoms with Gasteiger partial charge in [-0.1, -0.05) is 6.92 Å². The van der Waals surface area contributed by atoms with Crippen LogP contribution in [0.2, 0.25) is 0 Å². The van der Waals surface area contributed by atoms with Crippen LogP contribution in [0.5, 0.6) is 0 Å². The van der Waals surface area contributed by atoms with Crippen molar-refractivity contribution >= 4 is 5.82 Å². The highest BCUT2D eigenvalue weighted by atomic mass is 15.2. The summed E-state index contributed by atoms with van der Waals surface area (Å²) in [6.07, 6.45) is 4.62. The second-order valence-corrected chi connectivity index (χ2v) is 3.97. The van der Waals surface area contributed by atoms with E-state index >= 15 is 0 Å². The summed E-state index contributed by atoms with van der Waals surface area (Å²) in [6, 6.07) is 0. The van der Waals surface area contributed by atoms with Crippen LogP contribution in [0.4, 0.5) is 5.82 Å². The lowest BCUT2D eigenvalue weighted by Gasteiger charge is -2.10. The number of hydrogen-bond donors (Lipinski definition) is 1. The molecule has 0 aliphatic rings. The predicted octanol–water partition coefficient (Wildman–Crippen LogP) is 1.79. The van der Waals surface area contributed by atoms with Gasteiger partial charge in [-0.15, -0.1) is 0 Å². The minimum atomic E-state index is 0.720. The molecule has 90 valence electrons. The SMILES string of the molecule is CCc1c(C)nc(-c2cnn(C)c2)nc1NC. The standard InChI is InChI=1S/C12H17N5/c1-5-10-8(2)15-11(16-12(10)13-3)9-6-14-17(4)7-9/h6-7H,5H2,1-4H3,(H,13,15,16). The van der Waals surface area contributed by atoms with Gasteiger partial charge >= 0.3 is 0 Å². The lowest BCUT2D eigenvalue weighted by molar-refractivity contribution is 0.768. The molecule has 0 saturated carbocycles. The van der Waals surface area contributed by atoms with Crippen molar-refractivity contribution in [2.75, 3.05) is 12.4 Å². The van der Waals surface area contributed by atoms with Crippen LogP contribution in [0.25, 0.3) is 11.4 Å². The molecule has 0 bridgehead atoms. The summed E-state index contributed by atoms with van der Waals surface area (Å²) in [5.74, 6) is 1.62. The van der Waals surface area contributed by atoms with Crippen molar-refractivity contribution in [3.8, 4) is 11.4 Å². The second-order valence-electron chi connectivity index (χ2n) is 3.97. The van der Waals surface area contributed by atoms with Crippen molar-refractivity contribution in [2.45, 2.75) is 20.3 Å². The zero-order valence-electron chi connectivity index (χ0n) is 10.7. The summed E-state index contributed by atoms with van der Waals surface area (Å²) in [6.45, 7) is 4.12. The third-order valence-corrected chi connectivity index (χ3v) is 2.77. The van der Waals surface area contributed by atoms with E-state index in [1.807, 2.05) is 27.2 Å². The smallest absolute Gasteiger partial charge is 0.164 e. The molecule has 0 saturated heterocycles. The first-order valence-electron chi connectivity index (χ1n) is 5.70. The molecule has 2 aromatic rings. The number of nitrogens with zero attached hydrogens (tertiary/aromatic N) is 4. The molecule has 0 aliphatic carbocycles.